The first-order valence-corrected chi connectivity index (χ1v) is 6.01. The summed E-state index contributed by atoms with van der Waals surface area (Å²) in [5.41, 5.74) is 1.76. The van der Waals surface area contributed by atoms with Crippen LogP contribution in [0, 0.1) is 0 Å². The molecule has 2 aromatic heterocycles. The zero-order chi connectivity index (χ0) is 12.0. The van der Waals surface area contributed by atoms with Crippen LogP contribution in [0.3, 0.4) is 0 Å². The average Bonchev–Trinajstić information content (AvgIpc) is 2.93. The summed E-state index contributed by atoms with van der Waals surface area (Å²) in [5.74, 6) is 1.57. The molecule has 0 bridgehead atoms. The van der Waals surface area contributed by atoms with E-state index in [9.17, 15) is 0 Å². The van der Waals surface area contributed by atoms with Crippen LogP contribution in [0.25, 0.3) is 0 Å². The smallest absolute Gasteiger partial charge is 0.218 e. The minimum absolute atomic E-state index is 0. The maximum Gasteiger partial charge on any atom is 0.218 e. The lowest BCUT2D eigenvalue weighted by Crippen LogP contribution is -1.85. The van der Waals surface area contributed by atoms with Crippen LogP contribution in [0.1, 0.15) is 65.3 Å². The number of rotatable bonds is 2. The summed E-state index contributed by atoms with van der Waals surface area (Å²) in [6.07, 6.45) is 1.34. The molecule has 0 aliphatic heterocycles. The van der Waals surface area contributed by atoms with Gasteiger partial charge in [0.2, 0.25) is 12.3 Å². The van der Waals surface area contributed by atoms with Crippen LogP contribution in [-0.2, 0) is 0 Å². The van der Waals surface area contributed by atoms with Crippen molar-refractivity contribution in [3.05, 3.63) is 22.8 Å². The predicted molar refractivity (Wildman–Crippen MR) is 75.8 cm³/mol. The molecule has 104 valence electrons. The second-order valence-corrected chi connectivity index (χ2v) is 4.73. The Bertz CT molecular complexity index is 332. The van der Waals surface area contributed by atoms with Gasteiger partial charge in [-0.2, -0.15) is 0 Å². The summed E-state index contributed by atoms with van der Waals surface area (Å²) in [4.78, 5) is 0. The molecule has 0 N–H and O–H groups in total. The first-order valence-electron chi connectivity index (χ1n) is 5.13. The number of nitrogens with zero attached hydrogens (tertiary/aromatic N) is 4. The van der Waals surface area contributed by atoms with E-state index < -0.39 is 0 Å². The standard InChI is InChI=1S/C5H8N2O.C5H8N2S.2CH4/c2*1-4(2)5-7-6-3-8-5;;/h2*3-4H,1-2H3;2*1H4. The molecule has 0 saturated carbocycles. The Labute approximate surface area is 114 Å². The largest absolute Gasteiger partial charge is 0.428 e. The van der Waals surface area contributed by atoms with E-state index in [1.807, 2.05) is 13.8 Å². The minimum atomic E-state index is 0. The maximum absolute atomic E-state index is 4.87. The first-order chi connectivity index (χ1) is 7.61. The van der Waals surface area contributed by atoms with Gasteiger partial charge in [0.15, 0.2) is 0 Å². The van der Waals surface area contributed by atoms with Crippen LogP contribution in [-0.4, -0.2) is 20.4 Å². The molecule has 6 heteroatoms. The molecule has 0 aliphatic rings. The predicted octanol–water partition coefficient (Wildman–Crippen LogP) is 4.13. The number of aromatic nitrogens is 4. The fraction of sp³-hybridized carbons (Fsp3) is 0.667. The van der Waals surface area contributed by atoms with Crippen LogP contribution in [0.15, 0.2) is 16.3 Å². The molecule has 5 nitrogen and oxygen atoms in total. The van der Waals surface area contributed by atoms with Gasteiger partial charge in [0.1, 0.15) is 10.5 Å². The van der Waals surface area contributed by atoms with Gasteiger partial charge < -0.3 is 4.42 Å². The van der Waals surface area contributed by atoms with Gasteiger partial charge in [-0.25, -0.2) is 0 Å². The van der Waals surface area contributed by atoms with E-state index in [1.165, 1.54) is 6.39 Å². The lowest BCUT2D eigenvalue weighted by molar-refractivity contribution is 0.470. The molecule has 18 heavy (non-hydrogen) atoms. The van der Waals surface area contributed by atoms with Crippen LogP contribution >= 0.6 is 11.3 Å². The Morgan fingerprint density at radius 2 is 1.67 bits per heavy atom. The van der Waals surface area contributed by atoms with Crippen molar-refractivity contribution in [3.63, 3.8) is 0 Å². The van der Waals surface area contributed by atoms with Gasteiger partial charge >= 0.3 is 0 Å². The molecule has 0 spiro atoms. The van der Waals surface area contributed by atoms with Crippen LogP contribution in [0.2, 0.25) is 0 Å². The maximum atomic E-state index is 4.87. The summed E-state index contributed by atoms with van der Waals surface area (Å²) in [5, 5.41) is 15.9. The topological polar surface area (TPSA) is 64.7 Å². The Kier molecular flexibility index (Phi) is 10.3. The Morgan fingerprint density at radius 3 is 1.89 bits per heavy atom. The molecule has 0 atom stereocenters. The van der Waals surface area contributed by atoms with E-state index in [4.69, 9.17) is 4.42 Å². The second-order valence-electron chi connectivity index (χ2n) is 3.86. The van der Waals surface area contributed by atoms with Gasteiger partial charge in [-0.3, -0.25) is 0 Å². The molecular formula is C12H24N4OS. The van der Waals surface area contributed by atoms with Gasteiger partial charge in [0.05, 0.1) is 0 Å². The molecule has 0 saturated heterocycles. The summed E-state index contributed by atoms with van der Waals surface area (Å²) in [6.45, 7) is 8.24. The van der Waals surface area contributed by atoms with Crippen molar-refractivity contribution in [2.45, 2.75) is 54.4 Å². The molecular weight excluding hydrogens is 248 g/mol. The highest BCUT2D eigenvalue weighted by atomic mass is 32.1. The summed E-state index contributed by atoms with van der Waals surface area (Å²) in [7, 11) is 0. The number of hydrogen-bond donors (Lipinski definition) is 0. The quantitative estimate of drug-likeness (QED) is 0.822. The molecule has 2 heterocycles. The highest BCUT2D eigenvalue weighted by molar-refractivity contribution is 7.09. The molecule has 0 radical (unpaired) electrons. The van der Waals surface area contributed by atoms with Crippen molar-refractivity contribution in [1.29, 1.82) is 0 Å². The highest BCUT2D eigenvalue weighted by Crippen LogP contribution is 2.13. The van der Waals surface area contributed by atoms with Gasteiger partial charge in [-0.05, 0) is 0 Å². The fourth-order valence-corrected chi connectivity index (χ4v) is 1.44. The van der Waals surface area contributed by atoms with E-state index in [0.717, 1.165) is 5.01 Å². The fourth-order valence-electron chi connectivity index (χ4n) is 0.866. The molecule has 0 unspecified atom stereocenters. The van der Waals surface area contributed by atoms with Gasteiger partial charge in [-0.15, -0.1) is 31.7 Å². The SMILES string of the molecule is C.C.CC(C)c1nnco1.CC(C)c1nncs1. The third-order valence-corrected chi connectivity index (χ3v) is 2.74. The lowest BCUT2D eigenvalue weighted by Gasteiger charge is -1.92. The van der Waals surface area contributed by atoms with Gasteiger partial charge in [0, 0.05) is 11.8 Å². The van der Waals surface area contributed by atoms with Crippen LogP contribution < -0.4 is 0 Å². The van der Waals surface area contributed by atoms with Crippen molar-refractivity contribution in [2.24, 2.45) is 0 Å². The Hall–Kier alpha value is -1.30. The third kappa shape index (κ3) is 6.44. The molecule has 2 aromatic rings. The number of hydrogen-bond acceptors (Lipinski definition) is 6. The second kappa shape index (κ2) is 9.70. The first kappa shape index (κ1) is 19.0. The van der Waals surface area contributed by atoms with E-state index in [2.05, 4.69) is 34.2 Å². The van der Waals surface area contributed by atoms with Crippen LogP contribution in [0.5, 0.6) is 0 Å². The lowest BCUT2D eigenvalue weighted by atomic mass is 10.2. The monoisotopic (exact) mass is 272 g/mol. The molecule has 0 amide bonds. The highest BCUT2D eigenvalue weighted by Gasteiger charge is 2.01. The van der Waals surface area contributed by atoms with Crippen molar-refractivity contribution in [2.75, 3.05) is 0 Å². The zero-order valence-electron chi connectivity index (χ0n) is 9.91. The molecule has 0 aliphatic carbocycles. The Morgan fingerprint density at radius 1 is 1.00 bits per heavy atom. The zero-order valence-corrected chi connectivity index (χ0v) is 10.7. The van der Waals surface area contributed by atoms with Crippen molar-refractivity contribution in [1.82, 2.24) is 20.4 Å². The normalized spacial score (nSPS) is 9.22. The average molecular weight is 272 g/mol. The van der Waals surface area contributed by atoms with Crippen molar-refractivity contribution < 1.29 is 4.42 Å². The third-order valence-electron chi connectivity index (χ3n) is 1.74. The molecule has 2 rings (SSSR count). The van der Waals surface area contributed by atoms with Gasteiger partial charge in [-0.1, -0.05) is 42.5 Å². The van der Waals surface area contributed by atoms with Crippen LogP contribution in [0.4, 0.5) is 0 Å². The summed E-state index contributed by atoms with van der Waals surface area (Å²) in [6, 6.07) is 0. The van der Waals surface area contributed by atoms with Gasteiger partial charge in [0.25, 0.3) is 0 Å². The van der Waals surface area contributed by atoms with E-state index in [1.54, 1.807) is 16.8 Å². The Balaban J connectivity index is 0. The van der Waals surface area contributed by atoms with E-state index >= 15 is 0 Å². The van der Waals surface area contributed by atoms with Crippen molar-refractivity contribution in [3.8, 4) is 0 Å². The summed E-state index contributed by atoms with van der Waals surface area (Å²) >= 11 is 1.61. The van der Waals surface area contributed by atoms with E-state index in [-0.39, 0.29) is 14.9 Å². The van der Waals surface area contributed by atoms with E-state index in [0.29, 0.717) is 17.7 Å². The minimum Gasteiger partial charge on any atom is -0.428 e. The molecule has 0 aromatic carbocycles. The molecule has 0 fully saturated rings. The van der Waals surface area contributed by atoms with Crippen molar-refractivity contribution >= 4 is 11.3 Å². The summed E-state index contributed by atoms with van der Waals surface area (Å²) < 4.78 is 4.87.